The van der Waals surface area contributed by atoms with E-state index in [1.165, 1.54) is 4.31 Å². The molecule has 0 bridgehead atoms. The standard InChI is InChI=1S/C13H21BrN4O4S/c1-8-6-18(7-9(2)22-8)23(20,21)5-4-15-13(19)12-11(14)10(3)16-17-12/h8-9H,4-7H2,1-3H3,(H,15,19)(H,16,17)/t8-,9-/m0/s1. The highest BCUT2D eigenvalue weighted by atomic mass is 79.9. The van der Waals surface area contributed by atoms with Crippen LogP contribution in [0.2, 0.25) is 0 Å². The number of aromatic amines is 1. The van der Waals surface area contributed by atoms with Crippen LogP contribution in [0.25, 0.3) is 0 Å². The van der Waals surface area contributed by atoms with Crippen LogP contribution in [-0.2, 0) is 14.8 Å². The Labute approximate surface area is 144 Å². The highest BCUT2D eigenvalue weighted by Crippen LogP contribution is 2.18. The SMILES string of the molecule is Cc1[nH]nc(C(=O)NCCS(=O)(=O)N2C[C@H](C)O[C@@H](C)C2)c1Br. The summed E-state index contributed by atoms with van der Waals surface area (Å²) in [4.78, 5) is 12.0. The third-order valence-corrected chi connectivity index (χ3v) is 6.29. The number of carbonyl (C=O) groups is 1. The van der Waals surface area contributed by atoms with Crippen LogP contribution in [0.3, 0.4) is 0 Å². The highest BCUT2D eigenvalue weighted by Gasteiger charge is 2.30. The molecule has 0 radical (unpaired) electrons. The van der Waals surface area contributed by atoms with Crippen LogP contribution in [0, 0.1) is 6.92 Å². The molecule has 23 heavy (non-hydrogen) atoms. The molecule has 2 rings (SSSR count). The van der Waals surface area contributed by atoms with Crippen molar-refractivity contribution in [2.45, 2.75) is 33.0 Å². The predicted molar refractivity (Wildman–Crippen MR) is 88.7 cm³/mol. The predicted octanol–water partition coefficient (Wildman–Crippen LogP) is 0.649. The van der Waals surface area contributed by atoms with Crippen molar-refractivity contribution < 1.29 is 17.9 Å². The van der Waals surface area contributed by atoms with Gasteiger partial charge in [-0.15, -0.1) is 0 Å². The van der Waals surface area contributed by atoms with Gasteiger partial charge in [-0.1, -0.05) is 0 Å². The third kappa shape index (κ3) is 4.52. The molecule has 2 heterocycles. The zero-order valence-electron chi connectivity index (χ0n) is 13.3. The Bertz CT molecular complexity index is 666. The zero-order valence-corrected chi connectivity index (χ0v) is 15.7. The van der Waals surface area contributed by atoms with E-state index in [2.05, 4.69) is 31.4 Å². The van der Waals surface area contributed by atoms with Crippen LogP contribution in [0.15, 0.2) is 4.47 Å². The number of aromatic nitrogens is 2. The van der Waals surface area contributed by atoms with E-state index in [9.17, 15) is 13.2 Å². The summed E-state index contributed by atoms with van der Waals surface area (Å²) < 4.78 is 32.2. The Morgan fingerprint density at radius 3 is 2.57 bits per heavy atom. The molecule has 1 saturated heterocycles. The van der Waals surface area contributed by atoms with Gasteiger partial charge in [-0.3, -0.25) is 9.89 Å². The maximum atomic E-state index is 12.4. The summed E-state index contributed by atoms with van der Waals surface area (Å²) in [6.07, 6.45) is -0.266. The second kappa shape index (κ2) is 7.29. The second-order valence-corrected chi connectivity index (χ2v) is 8.54. The van der Waals surface area contributed by atoms with Gasteiger partial charge in [-0.2, -0.15) is 9.40 Å². The maximum absolute atomic E-state index is 12.4. The third-order valence-electron chi connectivity index (χ3n) is 3.51. The lowest BCUT2D eigenvalue weighted by Gasteiger charge is -2.34. The Morgan fingerprint density at radius 2 is 2.04 bits per heavy atom. The molecule has 0 aliphatic carbocycles. The van der Waals surface area contributed by atoms with Crippen molar-refractivity contribution in [2.24, 2.45) is 0 Å². The molecule has 2 atom stereocenters. The fourth-order valence-corrected chi connectivity index (χ4v) is 4.28. The molecule has 1 aliphatic heterocycles. The number of aryl methyl sites for hydroxylation is 1. The van der Waals surface area contributed by atoms with Crippen molar-refractivity contribution in [2.75, 3.05) is 25.4 Å². The molecule has 1 aromatic rings. The van der Waals surface area contributed by atoms with E-state index in [0.29, 0.717) is 17.6 Å². The van der Waals surface area contributed by atoms with Gasteiger partial charge in [0.05, 0.1) is 22.4 Å². The zero-order chi connectivity index (χ0) is 17.2. The number of hydrogen-bond donors (Lipinski definition) is 2. The topological polar surface area (TPSA) is 104 Å². The number of nitrogens with one attached hydrogen (secondary N) is 2. The molecule has 1 fully saturated rings. The van der Waals surface area contributed by atoms with Gasteiger partial charge in [0.2, 0.25) is 10.0 Å². The second-order valence-electron chi connectivity index (χ2n) is 5.66. The number of halogens is 1. The lowest BCUT2D eigenvalue weighted by molar-refractivity contribution is -0.0440. The van der Waals surface area contributed by atoms with E-state index in [1.54, 1.807) is 6.92 Å². The fraction of sp³-hybridized carbons (Fsp3) is 0.692. The molecule has 2 N–H and O–H groups in total. The van der Waals surface area contributed by atoms with E-state index in [-0.39, 0.29) is 30.2 Å². The summed E-state index contributed by atoms with van der Waals surface area (Å²) in [5.74, 6) is -0.570. The number of rotatable bonds is 5. The van der Waals surface area contributed by atoms with Gasteiger partial charge < -0.3 is 10.1 Å². The number of H-pyrrole nitrogens is 1. The van der Waals surface area contributed by atoms with Crippen molar-refractivity contribution in [1.82, 2.24) is 19.8 Å². The van der Waals surface area contributed by atoms with Crippen LogP contribution in [0.4, 0.5) is 0 Å². The number of carbonyl (C=O) groups excluding carboxylic acids is 1. The minimum absolute atomic E-state index is 0.0274. The minimum Gasteiger partial charge on any atom is -0.373 e. The van der Waals surface area contributed by atoms with Gasteiger partial charge in [0.1, 0.15) is 0 Å². The monoisotopic (exact) mass is 408 g/mol. The smallest absolute Gasteiger partial charge is 0.272 e. The highest BCUT2D eigenvalue weighted by molar-refractivity contribution is 9.10. The van der Waals surface area contributed by atoms with Crippen LogP contribution >= 0.6 is 15.9 Å². The Kier molecular flexibility index (Phi) is 5.82. The molecule has 130 valence electrons. The van der Waals surface area contributed by atoms with Gasteiger partial charge in [-0.05, 0) is 36.7 Å². The van der Waals surface area contributed by atoms with Gasteiger partial charge in [0.15, 0.2) is 5.69 Å². The largest absolute Gasteiger partial charge is 0.373 e. The first-order valence-electron chi connectivity index (χ1n) is 7.32. The molecular weight excluding hydrogens is 388 g/mol. The molecule has 0 aromatic carbocycles. The average Bonchev–Trinajstić information content (AvgIpc) is 2.77. The summed E-state index contributed by atoms with van der Waals surface area (Å²) in [5.41, 5.74) is 0.951. The maximum Gasteiger partial charge on any atom is 0.272 e. The van der Waals surface area contributed by atoms with Crippen LogP contribution in [0.1, 0.15) is 30.0 Å². The van der Waals surface area contributed by atoms with E-state index in [0.717, 1.165) is 5.69 Å². The number of sulfonamides is 1. The first kappa shape index (κ1) is 18.4. The molecule has 0 spiro atoms. The molecule has 0 unspecified atom stereocenters. The van der Waals surface area contributed by atoms with E-state index in [4.69, 9.17) is 4.74 Å². The van der Waals surface area contributed by atoms with Crippen molar-refractivity contribution >= 4 is 31.9 Å². The Hall–Kier alpha value is -0.970. The van der Waals surface area contributed by atoms with E-state index >= 15 is 0 Å². The first-order valence-corrected chi connectivity index (χ1v) is 9.73. The molecule has 1 aliphatic rings. The number of hydrogen-bond acceptors (Lipinski definition) is 5. The lowest BCUT2D eigenvalue weighted by Crippen LogP contribution is -2.49. The lowest BCUT2D eigenvalue weighted by atomic mass is 10.3. The minimum atomic E-state index is -3.43. The molecule has 10 heteroatoms. The molecule has 1 amide bonds. The van der Waals surface area contributed by atoms with Crippen molar-refractivity contribution in [3.05, 3.63) is 15.9 Å². The molecule has 1 aromatic heterocycles. The fourth-order valence-electron chi connectivity index (χ4n) is 2.43. The number of ether oxygens (including phenoxy) is 1. The van der Waals surface area contributed by atoms with Gasteiger partial charge in [-0.25, -0.2) is 8.42 Å². The normalized spacial score (nSPS) is 23.0. The summed E-state index contributed by atoms with van der Waals surface area (Å²) in [7, 11) is -3.43. The average molecular weight is 409 g/mol. The number of nitrogens with zero attached hydrogens (tertiary/aromatic N) is 2. The molecule has 0 saturated carbocycles. The van der Waals surface area contributed by atoms with Crippen molar-refractivity contribution in [1.29, 1.82) is 0 Å². The first-order chi connectivity index (χ1) is 10.7. The molecule has 8 nitrogen and oxygen atoms in total. The van der Waals surface area contributed by atoms with E-state index < -0.39 is 15.9 Å². The van der Waals surface area contributed by atoms with Crippen molar-refractivity contribution in [3.63, 3.8) is 0 Å². The summed E-state index contributed by atoms with van der Waals surface area (Å²) in [6, 6.07) is 0. The van der Waals surface area contributed by atoms with Gasteiger partial charge in [0, 0.05) is 25.3 Å². The van der Waals surface area contributed by atoms with Crippen molar-refractivity contribution in [3.8, 4) is 0 Å². The van der Waals surface area contributed by atoms with E-state index in [1.807, 2.05) is 13.8 Å². The Morgan fingerprint density at radius 1 is 1.43 bits per heavy atom. The van der Waals surface area contributed by atoms with Crippen LogP contribution < -0.4 is 5.32 Å². The van der Waals surface area contributed by atoms with Crippen LogP contribution in [0.5, 0.6) is 0 Å². The summed E-state index contributed by atoms with van der Waals surface area (Å²) >= 11 is 3.26. The van der Waals surface area contributed by atoms with Gasteiger partial charge in [0.25, 0.3) is 5.91 Å². The van der Waals surface area contributed by atoms with Crippen LogP contribution in [-0.4, -0.2) is 66.4 Å². The Balaban J connectivity index is 1.90. The number of amides is 1. The number of morpholine rings is 1. The van der Waals surface area contributed by atoms with Gasteiger partial charge >= 0.3 is 0 Å². The molecular formula is C13H21BrN4O4S. The summed E-state index contributed by atoms with van der Waals surface area (Å²) in [6.45, 7) is 6.17. The quantitative estimate of drug-likeness (QED) is 0.743. The summed E-state index contributed by atoms with van der Waals surface area (Å²) in [5, 5.41) is 9.15.